The van der Waals surface area contributed by atoms with Crippen LogP contribution >= 0.6 is 11.8 Å². The average Bonchev–Trinajstić information content (AvgIpc) is 2.30. The summed E-state index contributed by atoms with van der Waals surface area (Å²) >= 11 is 2.08. The lowest BCUT2D eigenvalue weighted by Crippen LogP contribution is -2.29. The molecule has 2 nitrogen and oxygen atoms in total. The summed E-state index contributed by atoms with van der Waals surface area (Å²) in [4.78, 5) is 0. The highest BCUT2D eigenvalue weighted by Crippen LogP contribution is 2.21. The molecule has 1 heterocycles. The molecule has 1 aliphatic rings. The Labute approximate surface area is 101 Å². The summed E-state index contributed by atoms with van der Waals surface area (Å²) in [5.41, 5.74) is 1.24. The summed E-state index contributed by atoms with van der Waals surface area (Å²) in [6.07, 6.45) is 3.65. The van der Waals surface area contributed by atoms with Crippen LogP contribution in [0.25, 0.3) is 0 Å². The number of hydrogen-bond donors (Lipinski definition) is 2. The Kier molecular flexibility index (Phi) is 4.55. The maximum atomic E-state index is 9.35. The predicted molar refractivity (Wildman–Crippen MR) is 70.2 cm³/mol. The Balaban J connectivity index is 1.71. The van der Waals surface area contributed by atoms with Crippen LogP contribution in [0.2, 0.25) is 0 Å². The lowest BCUT2D eigenvalue weighted by Gasteiger charge is -2.21. The molecule has 0 aromatic heterocycles. The Morgan fingerprint density at radius 3 is 2.88 bits per heavy atom. The van der Waals surface area contributed by atoms with E-state index in [0.717, 1.165) is 17.4 Å². The monoisotopic (exact) mass is 237 g/mol. The summed E-state index contributed by atoms with van der Waals surface area (Å²) in [7, 11) is 0. The van der Waals surface area contributed by atoms with Crippen molar-refractivity contribution in [2.24, 2.45) is 0 Å². The van der Waals surface area contributed by atoms with E-state index in [1.165, 1.54) is 31.5 Å². The minimum Gasteiger partial charge on any atom is -0.508 e. The van der Waals surface area contributed by atoms with Gasteiger partial charge in [0.15, 0.2) is 0 Å². The standard InChI is InChI=1S/C13H19NOS/c15-12-3-1-2-11(10-12)6-9-16-13-4-7-14-8-5-13/h1-3,10,13-15H,4-9H2. The maximum Gasteiger partial charge on any atom is 0.115 e. The summed E-state index contributed by atoms with van der Waals surface area (Å²) in [5, 5.41) is 13.6. The molecule has 0 bridgehead atoms. The number of phenols is 1. The molecule has 1 aromatic carbocycles. The van der Waals surface area contributed by atoms with Crippen LogP contribution in [0.5, 0.6) is 5.75 Å². The first-order chi connectivity index (χ1) is 7.84. The van der Waals surface area contributed by atoms with Crippen molar-refractivity contribution in [3.63, 3.8) is 0 Å². The third-order valence-corrected chi connectivity index (χ3v) is 4.32. The number of phenolic OH excluding ortho intramolecular Hbond substituents is 1. The fourth-order valence-corrected chi connectivity index (χ4v) is 3.27. The fourth-order valence-electron chi connectivity index (χ4n) is 2.02. The van der Waals surface area contributed by atoms with Crippen molar-refractivity contribution in [3.8, 4) is 5.75 Å². The zero-order valence-electron chi connectivity index (χ0n) is 9.48. The lowest BCUT2D eigenvalue weighted by molar-refractivity contribution is 0.474. The first kappa shape index (κ1) is 11.8. The Bertz CT molecular complexity index is 323. The molecule has 1 aliphatic heterocycles. The number of nitrogens with one attached hydrogen (secondary N) is 1. The van der Waals surface area contributed by atoms with Crippen molar-refractivity contribution in [3.05, 3.63) is 29.8 Å². The highest BCUT2D eigenvalue weighted by Gasteiger charge is 2.12. The van der Waals surface area contributed by atoms with E-state index in [9.17, 15) is 5.11 Å². The van der Waals surface area contributed by atoms with E-state index in [1.807, 2.05) is 12.1 Å². The van der Waals surface area contributed by atoms with Crippen molar-refractivity contribution >= 4 is 11.8 Å². The summed E-state index contributed by atoms with van der Waals surface area (Å²) in [6.45, 7) is 2.34. The highest BCUT2D eigenvalue weighted by atomic mass is 32.2. The van der Waals surface area contributed by atoms with Gasteiger partial charge in [-0.05, 0) is 55.8 Å². The van der Waals surface area contributed by atoms with Gasteiger partial charge < -0.3 is 10.4 Å². The van der Waals surface area contributed by atoms with E-state index >= 15 is 0 Å². The second-order valence-electron chi connectivity index (χ2n) is 4.24. The van der Waals surface area contributed by atoms with Crippen LogP contribution in [0, 0.1) is 0 Å². The molecular formula is C13H19NOS. The van der Waals surface area contributed by atoms with Gasteiger partial charge in [-0.1, -0.05) is 12.1 Å². The van der Waals surface area contributed by atoms with Gasteiger partial charge in [0.05, 0.1) is 0 Å². The molecular weight excluding hydrogens is 218 g/mol. The lowest BCUT2D eigenvalue weighted by atomic mass is 10.2. The number of piperidine rings is 1. The largest absolute Gasteiger partial charge is 0.508 e. The van der Waals surface area contributed by atoms with Gasteiger partial charge in [-0.3, -0.25) is 0 Å². The van der Waals surface area contributed by atoms with E-state index in [0.29, 0.717) is 5.75 Å². The fraction of sp³-hybridized carbons (Fsp3) is 0.538. The summed E-state index contributed by atoms with van der Waals surface area (Å²) in [6, 6.07) is 7.59. The van der Waals surface area contributed by atoms with E-state index in [-0.39, 0.29) is 0 Å². The molecule has 0 spiro atoms. The van der Waals surface area contributed by atoms with E-state index < -0.39 is 0 Å². The van der Waals surface area contributed by atoms with Gasteiger partial charge in [0, 0.05) is 5.25 Å². The summed E-state index contributed by atoms with van der Waals surface area (Å²) in [5.74, 6) is 1.54. The predicted octanol–water partition coefficient (Wildman–Crippen LogP) is 2.42. The molecule has 3 heteroatoms. The number of aryl methyl sites for hydroxylation is 1. The van der Waals surface area contributed by atoms with Crippen LogP contribution in [0.4, 0.5) is 0 Å². The molecule has 0 unspecified atom stereocenters. The van der Waals surface area contributed by atoms with Gasteiger partial charge in [0.2, 0.25) is 0 Å². The molecule has 2 rings (SSSR count). The van der Waals surface area contributed by atoms with Gasteiger partial charge in [-0.15, -0.1) is 0 Å². The molecule has 1 fully saturated rings. The minimum absolute atomic E-state index is 0.379. The second kappa shape index (κ2) is 6.16. The van der Waals surface area contributed by atoms with E-state index in [1.54, 1.807) is 6.07 Å². The Morgan fingerprint density at radius 1 is 1.31 bits per heavy atom. The zero-order valence-corrected chi connectivity index (χ0v) is 10.3. The Morgan fingerprint density at radius 2 is 2.12 bits per heavy atom. The van der Waals surface area contributed by atoms with Gasteiger partial charge in [0.25, 0.3) is 0 Å². The van der Waals surface area contributed by atoms with Gasteiger partial charge in [-0.2, -0.15) is 11.8 Å². The van der Waals surface area contributed by atoms with E-state index in [4.69, 9.17) is 0 Å². The molecule has 0 saturated carbocycles. The van der Waals surface area contributed by atoms with Crippen LogP contribution in [0.15, 0.2) is 24.3 Å². The average molecular weight is 237 g/mol. The Hall–Kier alpha value is -0.670. The van der Waals surface area contributed by atoms with Crippen LogP contribution in [0.3, 0.4) is 0 Å². The highest BCUT2D eigenvalue weighted by molar-refractivity contribution is 7.99. The molecule has 0 aliphatic carbocycles. The smallest absolute Gasteiger partial charge is 0.115 e. The first-order valence-corrected chi connectivity index (χ1v) is 7.00. The second-order valence-corrected chi connectivity index (χ2v) is 5.65. The third-order valence-electron chi connectivity index (χ3n) is 2.94. The third kappa shape index (κ3) is 3.72. The van der Waals surface area contributed by atoms with Crippen molar-refractivity contribution in [2.75, 3.05) is 18.8 Å². The molecule has 0 radical (unpaired) electrons. The van der Waals surface area contributed by atoms with Gasteiger partial charge >= 0.3 is 0 Å². The normalized spacial score (nSPS) is 17.5. The first-order valence-electron chi connectivity index (χ1n) is 5.95. The number of hydrogen-bond acceptors (Lipinski definition) is 3. The van der Waals surface area contributed by atoms with Crippen LogP contribution in [-0.4, -0.2) is 29.2 Å². The molecule has 88 valence electrons. The van der Waals surface area contributed by atoms with Crippen molar-refractivity contribution < 1.29 is 5.11 Å². The molecule has 16 heavy (non-hydrogen) atoms. The quantitative estimate of drug-likeness (QED) is 0.843. The molecule has 2 N–H and O–H groups in total. The zero-order chi connectivity index (χ0) is 11.2. The van der Waals surface area contributed by atoms with E-state index in [2.05, 4.69) is 23.1 Å². The molecule has 0 atom stereocenters. The number of benzene rings is 1. The number of thioether (sulfide) groups is 1. The van der Waals surface area contributed by atoms with Crippen LogP contribution in [0.1, 0.15) is 18.4 Å². The van der Waals surface area contributed by atoms with Crippen molar-refractivity contribution in [1.29, 1.82) is 0 Å². The summed E-state index contributed by atoms with van der Waals surface area (Å²) < 4.78 is 0. The van der Waals surface area contributed by atoms with Gasteiger partial charge in [0.1, 0.15) is 5.75 Å². The van der Waals surface area contributed by atoms with Crippen molar-refractivity contribution in [2.45, 2.75) is 24.5 Å². The van der Waals surface area contributed by atoms with Crippen LogP contribution < -0.4 is 5.32 Å². The number of rotatable bonds is 4. The molecule has 1 aromatic rings. The molecule has 1 saturated heterocycles. The van der Waals surface area contributed by atoms with Crippen LogP contribution in [-0.2, 0) is 6.42 Å². The topological polar surface area (TPSA) is 32.3 Å². The number of aromatic hydroxyl groups is 1. The molecule has 0 amide bonds. The van der Waals surface area contributed by atoms with Gasteiger partial charge in [-0.25, -0.2) is 0 Å². The van der Waals surface area contributed by atoms with Crippen molar-refractivity contribution in [1.82, 2.24) is 5.32 Å². The maximum absolute atomic E-state index is 9.35. The minimum atomic E-state index is 0.379. The SMILES string of the molecule is Oc1cccc(CCSC2CCNCC2)c1.